The first-order valence-corrected chi connectivity index (χ1v) is 12.4. The summed E-state index contributed by atoms with van der Waals surface area (Å²) in [5.74, 6) is 0.433. The van der Waals surface area contributed by atoms with Gasteiger partial charge in [-0.2, -0.15) is 4.98 Å². The first-order valence-electron chi connectivity index (χ1n) is 12.4. The molecule has 2 fully saturated rings. The van der Waals surface area contributed by atoms with Gasteiger partial charge in [0, 0.05) is 37.2 Å². The highest BCUT2D eigenvalue weighted by Gasteiger charge is 2.31. The van der Waals surface area contributed by atoms with Crippen molar-refractivity contribution in [3.8, 4) is 5.69 Å². The van der Waals surface area contributed by atoms with Crippen LogP contribution in [0.1, 0.15) is 30.0 Å². The number of fused-ring (bicyclic) bond motifs is 2. The van der Waals surface area contributed by atoms with Crippen LogP contribution >= 0.6 is 0 Å². The van der Waals surface area contributed by atoms with Crippen LogP contribution in [0.2, 0.25) is 0 Å². The number of benzene rings is 2. The SMILES string of the molecule is O=C1NCCN1c1cccc(-n2c3nc(Nc4ccc5c(c4)CNCC5)ncc3c(=O)n2C2CC2)c1. The third-order valence-corrected chi connectivity index (χ3v) is 7.11. The molecule has 36 heavy (non-hydrogen) atoms. The summed E-state index contributed by atoms with van der Waals surface area (Å²) in [4.78, 5) is 36.6. The maximum Gasteiger partial charge on any atom is 0.321 e. The summed E-state index contributed by atoms with van der Waals surface area (Å²) in [6.07, 6.45) is 4.54. The lowest BCUT2D eigenvalue weighted by Crippen LogP contribution is -2.28. The van der Waals surface area contributed by atoms with Gasteiger partial charge >= 0.3 is 6.03 Å². The Morgan fingerprint density at radius 3 is 2.72 bits per heavy atom. The van der Waals surface area contributed by atoms with E-state index in [1.165, 1.54) is 11.1 Å². The summed E-state index contributed by atoms with van der Waals surface area (Å²) in [6.45, 7) is 3.07. The zero-order valence-corrected chi connectivity index (χ0v) is 19.7. The molecule has 7 rings (SSSR count). The minimum absolute atomic E-state index is 0.0942. The number of hydrogen-bond donors (Lipinski definition) is 3. The smallest absolute Gasteiger partial charge is 0.321 e. The van der Waals surface area contributed by atoms with Crippen LogP contribution in [0.5, 0.6) is 0 Å². The van der Waals surface area contributed by atoms with Crippen LogP contribution in [-0.2, 0) is 13.0 Å². The summed E-state index contributed by atoms with van der Waals surface area (Å²) in [7, 11) is 0. The Hall–Kier alpha value is -4.18. The molecule has 3 N–H and O–H groups in total. The van der Waals surface area contributed by atoms with Crippen LogP contribution < -0.4 is 26.4 Å². The Morgan fingerprint density at radius 2 is 1.89 bits per heavy atom. The van der Waals surface area contributed by atoms with E-state index in [4.69, 9.17) is 4.98 Å². The highest BCUT2D eigenvalue weighted by molar-refractivity contribution is 5.94. The zero-order valence-electron chi connectivity index (χ0n) is 19.7. The molecule has 0 bridgehead atoms. The van der Waals surface area contributed by atoms with Gasteiger partial charge in [-0.05, 0) is 67.3 Å². The number of urea groups is 1. The lowest BCUT2D eigenvalue weighted by atomic mass is 10.0. The van der Waals surface area contributed by atoms with Gasteiger partial charge in [-0.1, -0.05) is 12.1 Å². The van der Waals surface area contributed by atoms with E-state index < -0.39 is 0 Å². The van der Waals surface area contributed by atoms with Gasteiger partial charge in [-0.15, -0.1) is 0 Å². The second-order valence-electron chi connectivity index (χ2n) is 9.56. The van der Waals surface area contributed by atoms with Gasteiger partial charge in [0.25, 0.3) is 5.56 Å². The number of nitrogens with one attached hydrogen (secondary N) is 3. The van der Waals surface area contributed by atoms with Crippen molar-refractivity contribution in [3.05, 3.63) is 70.1 Å². The normalized spacial score (nSPS) is 17.3. The van der Waals surface area contributed by atoms with E-state index in [2.05, 4.69) is 33.1 Å². The summed E-state index contributed by atoms with van der Waals surface area (Å²) in [5, 5.41) is 10.1. The van der Waals surface area contributed by atoms with Crippen molar-refractivity contribution in [2.24, 2.45) is 0 Å². The molecule has 10 heteroatoms. The molecule has 0 radical (unpaired) electrons. The lowest BCUT2D eigenvalue weighted by Gasteiger charge is -2.18. The number of anilines is 3. The quantitative estimate of drug-likeness (QED) is 0.404. The molecule has 10 nitrogen and oxygen atoms in total. The number of nitrogens with zero attached hydrogens (tertiary/aromatic N) is 5. The molecule has 1 saturated carbocycles. The second-order valence-corrected chi connectivity index (χ2v) is 9.56. The van der Waals surface area contributed by atoms with E-state index in [-0.39, 0.29) is 17.6 Å². The summed E-state index contributed by atoms with van der Waals surface area (Å²) >= 11 is 0. The average Bonchev–Trinajstić information content (AvgIpc) is 3.58. The van der Waals surface area contributed by atoms with Crippen LogP contribution in [0.3, 0.4) is 0 Å². The summed E-state index contributed by atoms with van der Waals surface area (Å²) in [6, 6.07) is 14.0. The molecule has 0 unspecified atom stereocenters. The monoisotopic (exact) mass is 482 g/mol. The Labute approximate surface area is 206 Å². The zero-order chi connectivity index (χ0) is 24.2. The molecule has 0 atom stereocenters. The standard InChI is InChI=1S/C26H26N8O2/c35-24-22-15-29-25(30-18-5-4-16-8-9-27-14-17(16)12-18)31-23(22)33(34(24)19-6-7-19)21-3-1-2-20(13-21)32-11-10-28-26(32)36/h1-5,12-13,15,19,27H,6-11,14H2,(H,28,36)(H,29,30,31). The highest BCUT2D eigenvalue weighted by atomic mass is 16.2. The minimum Gasteiger partial charge on any atom is -0.336 e. The molecule has 2 amide bonds. The number of carbonyl (C=O) groups excluding carboxylic acids is 1. The number of amides is 2. The first kappa shape index (κ1) is 21.1. The molecule has 182 valence electrons. The summed E-state index contributed by atoms with van der Waals surface area (Å²) in [5.41, 5.74) is 5.57. The van der Waals surface area contributed by atoms with Crippen molar-refractivity contribution >= 4 is 34.4 Å². The van der Waals surface area contributed by atoms with Gasteiger partial charge in [-0.3, -0.25) is 9.69 Å². The molecule has 4 aromatic rings. The Kier molecular flexibility index (Phi) is 4.81. The van der Waals surface area contributed by atoms with Gasteiger partial charge in [0.1, 0.15) is 5.39 Å². The van der Waals surface area contributed by atoms with E-state index in [0.717, 1.165) is 49.4 Å². The summed E-state index contributed by atoms with van der Waals surface area (Å²) < 4.78 is 3.67. The third-order valence-electron chi connectivity index (χ3n) is 7.11. The topological polar surface area (TPSA) is 109 Å². The van der Waals surface area contributed by atoms with Gasteiger partial charge < -0.3 is 16.0 Å². The maximum absolute atomic E-state index is 13.4. The maximum atomic E-state index is 13.4. The van der Waals surface area contributed by atoms with Crippen molar-refractivity contribution in [2.45, 2.75) is 31.8 Å². The molecular weight excluding hydrogens is 456 g/mol. The molecule has 0 spiro atoms. The molecule has 2 aromatic carbocycles. The predicted octanol–water partition coefficient (Wildman–Crippen LogP) is 2.84. The van der Waals surface area contributed by atoms with Crippen LogP contribution in [0.25, 0.3) is 16.7 Å². The van der Waals surface area contributed by atoms with Gasteiger partial charge in [-0.25, -0.2) is 19.1 Å². The Morgan fingerprint density at radius 1 is 1.00 bits per heavy atom. The van der Waals surface area contributed by atoms with Crippen molar-refractivity contribution < 1.29 is 4.79 Å². The van der Waals surface area contributed by atoms with Crippen molar-refractivity contribution in [1.82, 2.24) is 30.0 Å². The fraction of sp³-hybridized carbons (Fsp3) is 0.308. The van der Waals surface area contributed by atoms with Gasteiger partial charge in [0.2, 0.25) is 5.95 Å². The largest absolute Gasteiger partial charge is 0.336 e. The van der Waals surface area contributed by atoms with E-state index in [0.29, 0.717) is 30.1 Å². The van der Waals surface area contributed by atoms with Crippen molar-refractivity contribution in [1.29, 1.82) is 0 Å². The molecule has 3 aliphatic rings. The van der Waals surface area contributed by atoms with Gasteiger partial charge in [0.05, 0.1) is 11.7 Å². The molecule has 1 saturated heterocycles. The third kappa shape index (κ3) is 3.53. The average molecular weight is 483 g/mol. The lowest BCUT2D eigenvalue weighted by molar-refractivity contribution is 0.252. The molecule has 4 heterocycles. The highest BCUT2D eigenvalue weighted by Crippen LogP contribution is 2.36. The fourth-order valence-corrected chi connectivity index (χ4v) is 5.15. The number of aromatic nitrogens is 4. The number of carbonyl (C=O) groups is 1. The van der Waals surface area contributed by atoms with Crippen molar-refractivity contribution in [2.75, 3.05) is 29.9 Å². The first-order chi connectivity index (χ1) is 17.7. The Balaban J connectivity index is 1.32. The number of rotatable bonds is 5. The van der Waals surface area contributed by atoms with E-state index >= 15 is 0 Å². The molecule has 2 aliphatic heterocycles. The fourth-order valence-electron chi connectivity index (χ4n) is 5.15. The van der Waals surface area contributed by atoms with Crippen LogP contribution in [-0.4, -0.2) is 45.0 Å². The number of hydrogen-bond acceptors (Lipinski definition) is 6. The van der Waals surface area contributed by atoms with Crippen LogP contribution in [0.15, 0.2) is 53.5 Å². The van der Waals surface area contributed by atoms with Crippen LogP contribution in [0.4, 0.5) is 22.1 Å². The molecule has 2 aromatic heterocycles. The molecular formula is C26H26N8O2. The minimum atomic E-state index is -0.113. The van der Waals surface area contributed by atoms with E-state index in [1.807, 2.05) is 35.0 Å². The second kappa shape index (κ2) is 8.20. The van der Waals surface area contributed by atoms with Crippen molar-refractivity contribution in [3.63, 3.8) is 0 Å². The van der Waals surface area contributed by atoms with E-state index in [9.17, 15) is 9.59 Å². The van der Waals surface area contributed by atoms with Crippen LogP contribution in [0, 0.1) is 0 Å². The predicted molar refractivity (Wildman–Crippen MR) is 137 cm³/mol. The Bertz CT molecular complexity index is 1570. The van der Waals surface area contributed by atoms with E-state index in [1.54, 1.807) is 15.8 Å². The van der Waals surface area contributed by atoms with Gasteiger partial charge in [0.15, 0.2) is 5.65 Å². The molecule has 1 aliphatic carbocycles.